The summed E-state index contributed by atoms with van der Waals surface area (Å²) in [4.78, 5) is 14.0. The van der Waals surface area contributed by atoms with Crippen LogP contribution in [0.1, 0.15) is 39.5 Å². The summed E-state index contributed by atoms with van der Waals surface area (Å²) in [6.45, 7) is 5.55. The van der Waals surface area contributed by atoms with E-state index in [0.29, 0.717) is 12.6 Å². The van der Waals surface area contributed by atoms with Gasteiger partial charge in [0.25, 0.3) is 0 Å². The zero-order valence-electron chi connectivity index (χ0n) is 11.4. The molecule has 4 heteroatoms. The minimum Gasteiger partial charge on any atom is -0.353 e. The van der Waals surface area contributed by atoms with Crippen LogP contribution in [0.5, 0.6) is 0 Å². The van der Waals surface area contributed by atoms with Crippen LogP contribution >= 0.6 is 0 Å². The summed E-state index contributed by atoms with van der Waals surface area (Å²) in [6, 6.07) is 0.331. The maximum atomic E-state index is 11.6. The minimum atomic E-state index is -0.383. The van der Waals surface area contributed by atoms with Crippen LogP contribution in [0.25, 0.3) is 0 Å². The van der Waals surface area contributed by atoms with Crippen molar-refractivity contribution in [2.24, 2.45) is 11.7 Å². The lowest BCUT2D eigenvalue weighted by Crippen LogP contribution is -2.46. The smallest absolute Gasteiger partial charge is 0.237 e. The molecule has 1 saturated carbocycles. The van der Waals surface area contributed by atoms with Gasteiger partial charge in [0.15, 0.2) is 0 Å². The van der Waals surface area contributed by atoms with Gasteiger partial charge >= 0.3 is 0 Å². The molecule has 0 bridgehead atoms. The van der Waals surface area contributed by atoms with Crippen LogP contribution < -0.4 is 11.1 Å². The molecule has 100 valence electrons. The summed E-state index contributed by atoms with van der Waals surface area (Å²) < 4.78 is 0. The minimum absolute atomic E-state index is 0.0279. The molecule has 1 aliphatic rings. The maximum absolute atomic E-state index is 11.6. The second-order valence-corrected chi connectivity index (χ2v) is 5.48. The van der Waals surface area contributed by atoms with E-state index in [4.69, 9.17) is 5.73 Å². The highest BCUT2D eigenvalue weighted by Crippen LogP contribution is 2.21. The fraction of sp³-hybridized carbons (Fsp3) is 0.923. The van der Waals surface area contributed by atoms with Gasteiger partial charge in [-0.25, -0.2) is 0 Å². The van der Waals surface area contributed by atoms with E-state index in [2.05, 4.69) is 17.3 Å². The molecule has 0 saturated heterocycles. The largest absolute Gasteiger partial charge is 0.353 e. The summed E-state index contributed by atoms with van der Waals surface area (Å²) in [5.41, 5.74) is 5.77. The van der Waals surface area contributed by atoms with Crippen LogP contribution in [-0.2, 0) is 4.79 Å². The number of nitrogens with zero attached hydrogens (tertiary/aromatic N) is 1. The van der Waals surface area contributed by atoms with Crippen molar-refractivity contribution in [3.05, 3.63) is 0 Å². The van der Waals surface area contributed by atoms with Crippen LogP contribution in [0.4, 0.5) is 0 Å². The third-order valence-electron chi connectivity index (χ3n) is 3.73. The van der Waals surface area contributed by atoms with Crippen molar-refractivity contribution < 1.29 is 4.79 Å². The predicted molar refractivity (Wildman–Crippen MR) is 70.7 cm³/mol. The second kappa shape index (κ2) is 6.97. The third-order valence-corrected chi connectivity index (χ3v) is 3.73. The molecule has 1 rings (SSSR count). The third kappa shape index (κ3) is 4.64. The highest BCUT2D eigenvalue weighted by molar-refractivity contribution is 5.81. The summed E-state index contributed by atoms with van der Waals surface area (Å²) in [5, 5.41) is 2.91. The van der Waals surface area contributed by atoms with E-state index in [9.17, 15) is 4.79 Å². The fourth-order valence-corrected chi connectivity index (χ4v) is 2.30. The van der Waals surface area contributed by atoms with Gasteiger partial charge in [-0.15, -0.1) is 0 Å². The number of nitrogens with one attached hydrogen (secondary N) is 1. The van der Waals surface area contributed by atoms with E-state index in [-0.39, 0.29) is 17.9 Å². The first-order valence-electron chi connectivity index (χ1n) is 6.76. The Labute approximate surface area is 105 Å². The van der Waals surface area contributed by atoms with E-state index in [1.54, 1.807) is 0 Å². The molecule has 1 unspecified atom stereocenters. The predicted octanol–water partition coefficient (Wildman–Crippen LogP) is 0.960. The molecule has 1 amide bonds. The number of amides is 1. The van der Waals surface area contributed by atoms with Gasteiger partial charge in [-0.1, -0.05) is 26.7 Å². The van der Waals surface area contributed by atoms with E-state index >= 15 is 0 Å². The first kappa shape index (κ1) is 14.5. The van der Waals surface area contributed by atoms with Crippen LogP contribution in [0.3, 0.4) is 0 Å². The Bertz CT molecular complexity index is 237. The van der Waals surface area contributed by atoms with Crippen molar-refractivity contribution in [3.63, 3.8) is 0 Å². The number of hydrogen-bond acceptors (Lipinski definition) is 3. The molecule has 0 spiro atoms. The van der Waals surface area contributed by atoms with E-state index < -0.39 is 0 Å². The van der Waals surface area contributed by atoms with Gasteiger partial charge in [-0.05, 0) is 25.8 Å². The monoisotopic (exact) mass is 241 g/mol. The van der Waals surface area contributed by atoms with Gasteiger partial charge in [0.1, 0.15) is 0 Å². The average molecular weight is 241 g/mol. The normalized spacial score (nSPS) is 18.9. The van der Waals surface area contributed by atoms with Gasteiger partial charge in [-0.2, -0.15) is 0 Å². The highest BCUT2D eigenvalue weighted by atomic mass is 16.2. The number of rotatable bonds is 6. The zero-order valence-corrected chi connectivity index (χ0v) is 11.4. The van der Waals surface area contributed by atoms with Crippen LogP contribution in [0.2, 0.25) is 0 Å². The molecule has 1 fully saturated rings. The molecule has 1 atom stereocenters. The Morgan fingerprint density at radius 1 is 1.41 bits per heavy atom. The lowest BCUT2D eigenvalue weighted by Gasteiger charge is -2.24. The molecule has 0 radical (unpaired) electrons. The number of carbonyl (C=O) groups excluding carboxylic acids is 1. The fourth-order valence-electron chi connectivity index (χ4n) is 2.30. The summed E-state index contributed by atoms with van der Waals surface area (Å²) in [6.07, 6.45) is 5.30. The molecule has 0 aromatic carbocycles. The van der Waals surface area contributed by atoms with Gasteiger partial charge in [-0.3, -0.25) is 4.79 Å². The molecule has 1 aliphatic carbocycles. The van der Waals surface area contributed by atoms with Crippen LogP contribution in [-0.4, -0.2) is 43.0 Å². The second-order valence-electron chi connectivity index (χ2n) is 5.48. The Morgan fingerprint density at radius 2 is 2.00 bits per heavy atom. The highest BCUT2D eigenvalue weighted by Gasteiger charge is 2.20. The van der Waals surface area contributed by atoms with Gasteiger partial charge in [0.05, 0.1) is 6.04 Å². The molecule has 0 aromatic heterocycles. The summed E-state index contributed by atoms with van der Waals surface area (Å²) >= 11 is 0. The SMILES string of the molecule is CC(C)C(N)C(=O)NCCN(C)C1CCCC1. The number of carbonyl (C=O) groups is 1. The van der Waals surface area contributed by atoms with Crippen LogP contribution in [0, 0.1) is 5.92 Å². The van der Waals surface area contributed by atoms with Gasteiger partial charge in [0, 0.05) is 19.1 Å². The Kier molecular flexibility index (Phi) is 5.92. The van der Waals surface area contributed by atoms with Crippen molar-refractivity contribution >= 4 is 5.91 Å². The Balaban J connectivity index is 2.16. The lowest BCUT2D eigenvalue weighted by molar-refractivity contribution is -0.123. The molecular weight excluding hydrogens is 214 g/mol. The molecule has 17 heavy (non-hydrogen) atoms. The molecule has 0 heterocycles. The summed E-state index contributed by atoms with van der Waals surface area (Å²) in [5.74, 6) is 0.169. The number of hydrogen-bond donors (Lipinski definition) is 2. The van der Waals surface area contributed by atoms with Crippen LogP contribution in [0.15, 0.2) is 0 Å². The Hall–Kier alpha value is -0.610. The molecule has 0 aliphatic heterocycles. The van der Waals surface area contributed by atoms with Crippen molar-refractivity contribution in [2.75, 3.05) is 20.1 Å². The average Bonchev–Trinajstić information content (AvgIpc) is 2.80. The zero-order chi connectivity index (χ0) is 12.8. The molecule has 3 N–H and O–H groups in total. The Morgan fingerprint density at radius 3 is 2.53 bits per heavy atom. The summed E-state index contributed by atoms with van der Waals surface area (Å²) in [7, 11) is 2.14. The quantitative estimate of drug-likeness (QED) is 0.728. The number of nitrogens with two attached hydrogens (primary N) is 1. The van der Waals surface area contributed by atoms with E-state index in [0.717, 1.165) is 6.54 Å². The van der Waals surface area contributed by atoms with Crippen molar-refractivity contribution in [1.82, 2.24) is 10.2 Å². The first-order chi connectivity index (χ1) is 8.02. The van der Waals surface area contributed by atoms with E-state index in [1.165, 1.54) is 25.7 Å². The molecule has 0 aromatic rings. The van der Waals surface area contributed by atoms with Gasteiger partial charge in [0.2, 0.25) is 5.91 Å². The van der Waals surface area contributed by atoms with Crippen molar-refractivity contribution in [3.8, 4) is 0 Å². The van der Waals surface area contributed by atoms with Gasteiger partial charge < -0.3 is 16.0 Å². The van der Waals surface area contributed by atoms with Crippen molar-refractivity contribution in [2.45, 2.75) is 51.6 Å². The van der Waals surface area contributed by atoms with Crippen molar-refractivity contribution in [1.29, 1.82) is 0 Å². The molecular formula is C13H27N3O. The lowest BCUT2D eigenvalue weighted by atomic mass is 10.1. The maximum Gasteiger partial charge on any atom is 0.237 e. The standard InChI is InChI=1S/C13H27N3O/c1-10(2)12(14)13(17)15-8-9-16(3)11-6-4-5-7-11/h10-12H,4-9,14H2,1-3H3,(H,15,17). The topological polar surface area (TPSA) is 58.4 Å². The molecule has 4 nitrogen and oxygen atoms in total. The number of likely N-dealkylation sites (N-methyl/N-ethyl adjacent to an activating group) is 1. The van der Waals surface area contributed by atoms with E-state index in [1.807, 2.05) is 13.8 Å². The first-order valence-corrected chi connectivity index (χ1v) is 6.76.